The van der Waals surface area contributed by atoms with Crippen molar-refractivity contribution < 1.29 is 14.5 Å². The van der Waals surface area contributed by atoms with Gasteiger partial charge in [0.1, 0.15) is 5.75 Å². The Balaban J connectivity index is 1.45. The van der Waals surface area contributed by atoms with E-state index in [2.05, 4.69) is 53.8 Å². The van der Waals surface area contributed by atoms with E-state index < -0.39 is 11.2 Å². The second kappa shape index (κ2) is 9.16. The summed E-state index contributed by atoms with van der Waals surface area (Å²) in [5.41, 5.74) is 4.29. The summed E-state index contributed by atoms with van der Waals surface area (Å²) in [6, 6.07) is 30.9. The lowest BCUT2D eigenvalue weighted by Crippen LogP contribution is -2.49. The zero-order valence-corrected chi connectivity index (χ0v) is 22.2. The summed E-state index contributed by atoms with van der Waals surface area (Å²) in [6.07, 6.45) is -0.244. The van der Waals surface area contributed by atoms with Crippen LogP contribution in [0.4, 0.5) is 5.69 Å². The molecule has 1 aromatic heterocycles. The highest BCUT2D eigenvalue weighted by atomic mass is 16.5. The third kappa shape index (κ3) is 4.30. The van der Waals surface area contributed by atoms with Gasteiger partial charge in [-0.25, -0.2) is 4.98 Å². The molecule has 1 aliphatic heterocycles. The number of rotatable bonds is 6. The van der Waals surface area contributed by atoms with Gasteiger partial charge in [-0.2, -0.15) is 0 Å². The summed E-state index contributed by atoms with van der Waals surface area (Å²) in [5.74, 6) is 0.838. The number of benzene rings is 4. The summed E-state index contributed by atoms with van der Waals surface area (Å²) in [4.78, 5) is 5.12. The van der Waals surface area contributed by atoms with Crippen LogP contribution in [0, 0.1) is 0 Å². The van der Waals surface area contributed by atoms with Crippen molar-refractivity contribution in [3.8, 4) is 17.0 Å². The van der Waals surface area contributed by atoms with Gasteiger partial charge >= 0.3 is 7.48 Å². The number of hydrogen-bond acceptors (Lipinski definition) is 5. The normalized spacial score (nSPS) is 15.2. The minimum atomic E-state index is -0.965. The Labute approximate surface area is 223 Å². The van der Waals surface area contributed by atoms with Crippen molar-refractivity contribution in [1.82, 2.24) is 4.98 Å². The molecule has 0 fully saturated rings. The molecule has 2 heterocycles. The summed E-state index contributed by atoms with van der Waals surface area (Å²) >= 11 is 0. The third-order valence-electron chi connectivity index (χ3n) is 7.72. The van der Waals surface area contributed by atoms with Crippen LogP contribution in [0.3, 0.4) is 0 Å². The molecule has 0 spiro atoms. The predicted octanol–water partition coefficient (Wildman–Crippen LogP) is 6.10. The number of aromatic nitrogens is 1. The lowest BCUT2D eigenvalue weighted by atomic mass is 9.82. The molecule has 0 amide bonds. The van der Waals surface area contributed by atoms with E-state index in [0.29, 0.717) is 7.48 Å². The minimum Gasteiger partial charge on any atom is -0.464 e. The van der Waals surface area contributed by atoms with Gasteiger partial charge in [-0.3, -0.25) is 0 Å². The number of nitrogens with zero attached hydrogens (tertiary/aromatic N) is 1. The molecule has 5 aromatic rings. The van der Waals surface area contributed by atoms with E-state index in [4.69, 9.17) is 14.4 Å². The van der Waals surface area contributed by atoms with Gasteiger partial charge in [-0.15, -0.1) is 0 Å². The van der Waals surface area contributed by atoms with Crippen LogP contribution >= 0.6 is 0 Å². The van der Waals surface area contributed by atoms with Crippen LogP contribution in [0.1, 0.15) is 39.5 Å². The fraction of sp³-hybridized carbons (Fsp3) is 0.219. The third-order valence-corrected chi connectivity index (χ3v) is 7.72. The van der Waals surface area contributed by atoms with Gasteiger partial charge in [0, 0.05) is 27.3 Å². The molecule has 0 aliphatic carbocycles. The number of para-hydroxylation sites is 1. The van der Waals surface area contributed by atoms with Crippen LogP contribution in [0.5, 0.6) is 5.75 Å². The van der Waals surface area contributed by atoms with Gasteiger partial charge in [0.2, 0.25) is 0 Å². The number of fused-ring (bicyclic) bond motifs is 5. The van der Waals surface area contributed by atoms with Crippen LogP contribution in [0.25, 0.3) is 32.9 Å². The maximum atomic E-state index is 10.5. The lowest BCUT2D eigenvalue weighted by Gasteiger charge is -2.37. The summed E-state index contributed by atoms with van der Waals surface area (Å²) < 4.78 is 12.5. The van der Waals surface area contributed by atoms with E-state index in [9.17, 15) is 5.11 Å². The fourth-order valence-corrected chi connectivity index (χ4v) is 4.80. The molecular weight excluding hydrogens is 471 g/mol. The lowest BCUT2D eigenvalue weighted by molar-refractivity contribution is -0.0893. The molecule has 0 radical (unpaired) electrons. The molecular formula is C32H31BN2O3. The Morgan fingerprint density at radius 3 is 2.42 bits per heavy atom. The topological polar surface area (TPSA) is 63.6 Å². The van der Waals surface area contributed by atoms with Crippen molar-refractivity contribution in [3.63, 3.8) is 0 Å². The van der Waals surface area contributed by atoms with E-state index in [1.807, 2.05) is 56.3 Å². The number of ether oxygens (including phenoxy) is 1. The molecule has 4 aromatic carbocycles. The van der Waals surface area contributed by atoms with Crippen molar-refractivity contribution >= 4 is 40.3 Å². The van der Waals surface area contributed by atoms with E-state index in [1.54, 1.807) is 13.8 Å². The largest absolute Gasteiger partial charge is 0.464 e. The van der Waals surface area contributed by atoms with Gasteiger partial charge in [0.05, 0.1) is 28.1 Å². The number of nitrogens with one attached hydrogen (secondary N) is 1. The maximum absolute atomic E-state index is 10.5. The summed E-state index contributed by atoms with van der Waals surface area (Å²) in [7, 11) is 0.389. The molecule has 38 heavy (non-hydrogen) atoms. The van der Waals surface area contributed by atoms with Gasteiger partial charge in [-0.1, -0.05) is 78.3 Å². The van der Waals surface area contributed by atoms with Gasteiger partial charge in [-0.05, 0) is 45.9 Å². The Kier molecular flexibility index (Phi) is 5.90. The van der Waals surface area contributed by atoms with Crippen LogP contribution in [0.2, 0.25) is 0 Å². The van der Waals surface area contributed by atoms with Crippen molar-refractivity contribution in [2.45, 2.75) is 45.1 Å². The number of anilines is 1. The van der Waals surface area contributed by atoms with Crippen molar-refractivity contribution in [3.05, 3.63) is 96.6 Å². The highest BCUT2D eigenvalue weighted by Gasteiger charge is 2.35. The molecule has 1 atom stereocenters. The average molecular weight is 502 g/mol. The van der Waals surface area contributed by atoms with Gasteiger partial charge < -0.3 is 19.8 Å². The highest BCUT2D eigenvalue weighted by Crippen LogP contribution is 2.46. The number of pyridine rings is 1. The Hall–Kier alpha value is -3.87. The zero-order chi connectivity index (χ0) is 26.5. The Morgan fingerprint density at radius 2 is 1.63 bits per heavy atom. The predicted molar refractivity (Wildman–Crippen MR) is 156 cm³/mol. The summed E-state index contributed by atoms with van der Waals surface area (Å²) in [6.45, 7) is 7.36. The molecule has 190 valence electrons. The van der Waals surface area contributed by atoms with E-state index in [-0.39, 0.29) is 6.23 Å². The van der Waals surface area contributed by atoms with Gasteiger partial charge in [0.25, 0.3) is 0 Å². The van der Waals surface area contributed by atoms with E-state index in [0.717, 1.165) is 55.4 Å². The second-order valence-electron chi connectivity index (χ2n) is 11.0. The molecule has 5 nitrogen and oxygen atoms in total. The van der Waals surface area contributed by atoms with E-state index >= 15 is 0 Å². The molecule has 1 unspecified atom stereocenters. The second-order valence-corrected chi connectivity index (χ2v) is 11.0. The molecule has 1 aliphatic rings. The smallest absolute Gasteiger partial charge is 0.309 e. The Bertz CT molecular complexity index is 1640. The summed E-state index contributed by atoms with van der Waals surface area (Å²) in [5, 5.41) is 17.4. The monoisotopic (exact) mass is 502 g/mol. The quantitative estimate of drug-likeness (QED) is 0.217. The maximum Gasteiger partial charge on any atom is 0.309 e. The highest BCUT2D eigenvalue weighted by molar-refractivity contribution is 6.47. The minimum absolute atomic E-state index is 0.244. The van der Waals surface area contributed by atoms with Crippen LogP contribution < -0.4 is 15.5 Å². The molecule has 2 N–H and O–H groups in total. The van der Waals surface area contributed by atoms with E-state index in [1.165, 1.54) is 0 Å². The first-order chi connectivity index (χ1) is 18.2. The molecule has 6 rings (SSSR count). The van der Waals surface area contributed by atoms with Crippen LogP contribution in [-0.4, -0.2) is 28.8 Å². The molecule has 0 saturated carbocycles. The van der Waals surface area contributed by atoms with Gasteiger partial charge in [0.15, 0.2) is 6.23 Å². The first-order valence-corrected chi connectivity index (χ1v) is 13.0. The molecule has 0 saturated heterocycles. The molecule has 6 heteroatoms. The first kappa shape index (κ1) is 24.5. The van der Waals surface area contributed by atoms with Crippen LogP contribution in [0.15, 0.2) is 91.0 Å². The fourth-order valence-electron chi connectivity index (χ4n) is 4.80. The van der Waals surface area contributed by atoms with Crippen molar-refractivity contribution in [2.24, 2.45) is 0 Å². The number of aliphatic hydroxyl groups is 1. The SMILES string of the molecule is CC(C)(O)C(C)(C)OBc1cccc(-c2nc3ccccc3c3c4c(ccc23)OC(c2ccccc2)N4)c1. The zero-order valence-electron chi connectivity index (χ0n) is 22.2. The Morgan fingerprint density at radius 1 is 0.868 bits per heavy atom. The first-order valence-electron chi connectivity index (χ1n) is 13.0. The van der Waals surface area contributed by atoms with Crippen molar-refractivity contribution in [2.75, 3.05) is 5.32 Å². The van der Waals surface area contributed by atoms with Crippen molar-refractivity contribution in [1.29, 1.82) is 0 Å². The standard InChI is InChI=1S/C32H31BN2O3/c1-31(2,36)32(3,4)38-33-22-14-10-13-21(19-22)28-24-17-18-26-29(27(24)23-15-8-9-16-25(23)34-28)35-30(37-26)20-11-6-5-7-12-20/h5-19,30,33,35-36H,1-4H3. The van der Waals surface area contributed by atoms with Crippen LogP contribution in [-0.2, 0) is 4.65 Å². The average Bonchev–Trinajstić information content (AvgIpc) is 3.36. The molecule has 0 bridgehead atoms. The number of hydrogen-bond donors (Lipinski definition) is 2.